The number of hydrogen-bond acceptors (Lipinski definition) is 3. The lowest BCUT2D eigenvalue weighted by atomic mass is 10.1. The smallest absolute Gasteiger partial charge is 0.303 e. The van der Waals surface area contributed by atoms with E-state index in [1.165, 1.54) is 6.07 Å². The van der Waals surface area contributed by atoms with Crippen LogP contribution in [0.3, 0.4) is 0 Å². The summed E-state index contributed by atoms with van der Waals surface area (Å²) in [6.45, 7) is 0.0326. The lowest BCUT2D eigenvalue weighted by Gasteiger charge is -2.03. The van der Waals surface area contributed by atoms with Crippen LogP contribution in [0.25, 0.3) is 0 Å². The molecule has 1 heterocycles. The molecule has 4 nitrogen and oxygen atoms in total. The largest absolute Gasteiger partial charge is 0.481 e. The third-order valence-corrected chi connectivity index (χ3v) is 2.34. The van der Waals surface area contributed by atoms with Gasteiger partial charge in [0.1, 0.15) is 0 Å². The van der Waals surface area contributed by atoms with E-state index in [1.807, 2.05) is 0 Å². The highest BCUT2D eigenvalue weighted by atomic mass is 19.1. The van der Waals surface area contributed by atoms with Gasteiger partial charge in [0, 0.05) is 6.42 Å². The van der Waals surface area contributed by atoms with E-state index in [9.17, 15) is 9.18 Å². The molecule has 86 valence electrons. The normalized spacial score (nSPS) is 12.8. The topological polar surface area (TPSA) is 55.8 Å². The predicted molar refractivity (Wildman–Crippen MR) is 53.1 cm³/mol. The fraction of sp³-hybridized carbons (Fsp3) is 0.364. The maximum Gasteiger partial charge on any atom is 0.303 e. The van der Waals surface area contributed by atoms with Crippen LogP contribution in [-0.4, -0.2) is 17.9 Å². The van der Waals surface area contributed by atoms with Crippen LogP contribution in [-0.2, 0) is 11.2 Å². The van der Waals surface area contributed by atoms with Gasteiger partial charge < -0.3 is 14.6 Å². The second-order valence-corrected chi connectivity index (χ2v) is 3.56. The Morgan fingerprint density at radius 1 is 1.44 bits per heavy atom. The number of fused-ring (bicyclic) bond motifs is 1. The minimum absolute atomic E-state index is 0.0326. The number of ether oxygens (including phenoxy) is 2. The number of rotatable bonds is 4. The zero-order valence-electron chi connectivity index (χ0n) is 8.53. The maximum absolute atomic E-state index is 13.4. The molecule has 0 aliphatic carbocycles. The van der Waals surface area contributed by atoms with E-state index in [4.69, 9.17) is 14.6 Å². The molecular formula is C11H11FO4. The molecule has 16 heavy (non-hydrogen) atoms. The van der Waals surface area contributed by atoms with Gasteiger partial charge in [-0.15, -0.1) is 0 Å². The number of aliphatic carboxylic acids is 1. The van der Waals surface area contributed by atoms with Gasteiger partial charge in [-0.25, -0.2) is 4.39 Å². The summed E-state index contributed by atoms with van der Waals surface area (Å²) in [4.78, 5) is 10.3. The SMILES string of the molecule is O=C(O)CCCc1cc(F)c2c(c1)OCO2. The van der Waals surface area contributed by atoms with E-state index in [1.54, 1.807) is 6.07 Å². The summed E-state index contributed by atoms with van der Waals surface area (Å²) in [5.74, 6) is -0.770. The predicted octanol–water partition coefficient (Wildman–Crippen LogP) is 1.96. The number of halogens is 1. The summed E-state index contributed by atoms with van der Waals surface area (Å²) in [5.41, 5.74) is 0.725. The standard InChI is InChI=1S/C11H11FO4/c12-8-4-7(2-1-3-10(13)14)5-9-11(8)16-6-15-9/h4-5H,1-3,6H2,(H,13,14). The average molecular weight is 226 g/mol. The van der Waals surface area contributed by atoms with Crippen LogP contribution in [0.2, 0.25) is 0 Å². The molecule has 0 amide bonds. The van der Waals surface area contributed by atoms with E-state index in [0.29, 0.717) is 18.6 Å². The van der Waals surface area contributed by atoms with E-state index in [2.05, 4.69) is 0 Å². The molecule has 1 N–H and O–H groups in total. The Balaban J connectivity index is 2.05. The fourth-order valence-corrected chi connectivity index (χ4v) is 1.61. The minimum atomic E-state index is -0.846. The van der Waals surface area contributed by atoms with E-state index in [0.717, 1.165) is 5.56 Å². The Morgan fingerprint density at radius 2 is 2.25 bits per heavy atom. The zero-order chi connectivity index (χ0) is 11.5. The molecule has 1 aliphatic heterocycles. The third kappa shape index (κ3) is 2.24. The van der Waals surface area contributed by atoms with Crippen LogP contribution in [0.15, 0.2) is 12.1 Å². The summed E-state index contributed by atoms with van der Waals surface area (Å²) in [6, 6.07) is 3.04. The van der Waals surface area contributed by atoms with Crippen molar-refractivity contribution in [1.82, 2.24) is 0 Å². The Labute approximate surface area is 91.6 Å². The first-order chi connectivity index (χ1) is 7.66. The number of hydrogen-bond donors (Lipinski definition) is 1. The number of carbonyl (C=O) groups is 1. The van der Waals surface area contributed by atoms with Crippen molar-refractivity contribution >= 4 is 5.97 Å². The molecule has 0 saturated heterocycles. The van der Waals surface area contributed by atoms with Gasteiger partial charge in [0.15, 0.2) is 11.6 Å². The molecule has 1 aromatic rings. The van der Waals surface area contributed by atoms with Crippen molar-refractivity contribution in [3.63, 3.8) is 0 Å². The molecule has 0 aromatic heterocycles. The average Bonchev–Trinajstić information content (AvgIpc) is 2.65. The first-order valence-corrected chi connectivity index (χ1v) is 4.96. The maximum atomic E-state index is 13.4. The van der Waals surface area contributed by atoms with Crippen molar-refractivity contribution in [3.8, 4) is 11.5 Å². The summed E-state index contributed by atoms with van der Waals surface area (Å²) in [5, 5.41) is 8.48. The molecule has 0 atom stereocenters. The van der Waals surface area contributed by atoms with E-state index >= 15 is 0 Å². The van der Waals surface area contributed by atoms with Crippen molar-refractivity contribution in [2.45, 2.75) is 19.3 Å². The lowest BCUT2D eigenvalue weighted by molar-refractivity contribution is -0.137. The molecule has 5 heteroatoms. The summed E-state index contributed by atoms with van der Waals surface area (Å²) >= 11 is 0. The number of carboxylic acid groups (broad SMARTS) is 1. The van der Waals surface area contributed by atoms with Crippen LogP contribution in [0.4, 0.5) is 4.39 Å². The van der Waals surface area contributed by atoms with Crippen LogP contribution in [0, 0.1) is 5.82 Å². The highest BCUT2D eigenvalue weighted by molar-refractivity contribution is 5.66. The van der Waals surface area contributed by atoms with E-state index in [-0.39, 0.29) is 19.0 Å². The van der Waals surface area contributed by atoms with Crippen molar-refractivity contribution in [1.29, 1.82) is 0 Å². The molecule has 2 rings (SSSR count). The molecular weight excluding hydrogens is 215 g/mol. The second kappa shape index (κ2) is 4.38. The van der Waals surface area contributed by atoms with Gasteiger partial charge in [-0.2, -0.15) is 0 Å². The molecule has 0 radical (unpaired) electrons. The van der Waals surface area contributed by atoms with Crippen molar-refractivity contribution in [3.05, 3.63) is 23.5 Å². The molecule has 1 aromatic carbocycles. The Kier molecular flexibility index (Phi) is 2.94. The third-order valence-electron chi connectivity index (χ3n) is 2.34. The van der Waals surface area contributed by atoms with Gasteiger partial charge in [-0.05, 0) is 30.5 Å². The van der Waals surface area contributed by atoms with Gasteiger partial charge >= 0.3 is 5.97 Å². The van der Waals surface area contributed by atoms with Crippen LogP contribution in [0.5, 0.6) is 11.5 Å². The fourth-order valence-electron chi connectivity index (χ4n) is 1.61. The van der Waals surface area contributed by atoms with Gasteiger partial charge in [0.2, 0.25) is 12.5 Å². The second-order valence-electron chi connectivity index (χ2n) is 3.56. The molecule has 0 spiro atoms. The van der Waals surface area contributed by atoms with Crippen molar-refractivity contribution < 1.29 is 23.8 Å². The lowest BCUT2D eigenvalue weighted by Crippen LogP contribution is -1.96. The van der Waals surface area contributed by atoms with Crippen LogP contribution in [0.1, 0.15) is 18.4 Å². The summed E-state index contributed by atoms with van der Waals surface area (Å²) in [7, 11) is 0. The molecule has 1 aliphatic rings. The number of benzene rings is 1. The number of carboxylic acids is 1. The van der Waals surface area contributed by atoms with E-state index < -0.39 is 11.8 Å². The number of aryl methyl sites for hydroxylation is 1. The molecule has 0 bridgehead atoms. The van der Waals surface area contributed by atoms with Gasteiger partial charge in [0.25, 0.3) is 0 Å². The highest BCUT2D eigenvalue weighted by Crippen LogP contribution is 2.35. The van der Waals surface area contributed by atoms with Crippen LogP contribution < -0.4 is 9.47 Å². The minimum Gasteiger partial charge on any atom is -0.481 e. The van der Waals surface area contributed by atoms with Gasteiger partial charge in [-0.1, -0.05) is 0 Å². The zero-order valence-corrected chi connectivity index (χ0v) is 8.53. The Bertz CT molecular complexity index is 417. The first kappa shape index (κ1) is 10.7. The van der Waals surface area contributed by atoms with Crippen LogP contribution >= 0.6 is 0 Å². The Morgan fingerprint density at radius 3 is 3.00 bits per heavy atom. The monoisotopic (exact) mass is 226 g/mol. The molecule has 0 saturated carbocycles. The van der Waals surface area contributed by atoms with Crippen molar-refractivity contribution in [2.24, 2.45) is 0 Å². The summed E-state index contributed by atoms with van der Waals surface area (Å²) < 4.78 is 23.4. The molecule has 0 unspecified atom stereocenters. The highest BCUT2D eigenvalue weighted by Gasteiger charge is 2.19. The Hall–Kier alpha value is -1.78. The van der Waals surface area contributed by atoms with Gasteiger partial charge in [0.05, 0.1) is 0 Å². The molecule has 0 fully saturated rings. The quantitative estimate of drug-likeness (QED) is 0.852. The van der Waals surface area contributed by atoms with Gasteiger partial charge in [-0.3, -0.25) is 4.79 Å². The van der Waals surface area contributed by atoms with Crippen molar-refractivity contribution in [2.75, 3.05) is 6.79 Å². The summed E-state index contributed by atoms with van der Waals surface area (Å²) in [6.07, 6.45) is 1.07. The first-order valence-electron chi connectivity index (χ1n) is 4.96.